The van der Waals surface area contributed by atoms with Gasteiger partial charge in [-0.15, -0.1) is 0 Å². The van der Waals surface area contributed by atoms with E-state index in [2.05, 4.69) is 10.3 Å². The molecule has 0 bridgehead atoms. The molecule has 2 aromatic carbocycles. The molecule has 0 radical (unpaired) electrons. The van der Waals surface area contributed by atoms with Crippen molar-refractivity contribution in [3.05, 3.63) is 58.9 Å². The van der Waals surface area contributed by atoms with Crippen molar-refractivity contribution < 1.29 is 28.9 Å². The fourth-order valence-electron chi connectivity index (χ4n) is 3.95. The zero-order valence-corrected chi connectivity index (χ0v) is 20.7. The minimum atomic E-state index is -0.551. The summed E-state index contributed by atoms with van der Waals surface area (Å²) in [7, 11) is 7.70. The molecule has 0 spiro atoms. The van der Waals surface area contributed by atoms with Gasteiger partial charge in [-0.3, -0.25) is 15.0 Å². The lowest BCUT2D eigenvalue weighted by Crippen LogP contribution is -2.25. The SMILES string of the molecule is COc1ccc(Cc2nc(/N=C3/NC(=O)N(C)C3=O)n(C)c2Cc2ccc(OC)c(O)c2OC)cc1. The van der Waals surface area contributed by atoms with Gasteiger partial charge in [-0.25, -0.2) is 9.78 Å². The summed E-state index contributed by atoms with van der Waals surface area (Å²) in [5.74, 6) is 0.846. The standard InChI is InChI=1S/C25H27N5O6/c1-29-18(13-15-8-11-19(35-4)20(31)21(15)36-5)17(12-14-6-9-16(34-3)10-7-14)26-24(29)27-22-23(32)30(2)25(33)28-22/h6-11,31H,12-13H2,1-5H3,(H,26,27,28,33). The van der Waals surface area contributed by atoms with Crippen LogP contribution in [0.1, 0.15) is 22.5 Å². The van der Waals surface area contributed by atoms with Crippen LogP contribution >= 0.6 is 0 Å². The van der Waals surface area contributed by atoms with E-state index in [4.69, 9.17) is 19.2 Å². The van der Waals surface area contributed by atoms with E-state index in [1.165, 1.54) is 21.3 Å². The average Bonchev–Trinajstić information content (AvgIpc) is 3.29. The summed E-state index contributed by atoms with van der Waals surface area (Å²) in [6, 6.07) is 10.5. The predicted octanol–water partition coefficient (Wildman–Crippen LogP) is 2.54. The van der Waals surface area contributed by atoms with Crippen molar-refractivity contribution in [2.75, 3.05) is 28.4 Å². The van der Waals surface area contributed by atoms with E-state index in [9.17, 15) is 14.7 Å². The van der Waals surface area contributed by atoms with Gasteiger partial charge in [-0.2, -0.15) is 4.99 Å². The highest BCUT2D eigenvalue weighted by Gasteiger charge is 2.32. The summed E-state index contributed by atoms with van der Waals surface area (Å²) in [5.41, 5.74) is 3.20. The monoisotopic (exact) mass is 493 g/mol. The Hall–Kier alpha value is -4.54. The van der Waals surface area contributed by atoms with Crippen LogP contribution in [0.4, 0.5) is 10.7 Å². The van der Waals surface area contributed by atoms with E-state index < -0.39 is 11.9 Å². The summed E-state index contributed by atoms with van der Waals surface area (Å²) < 4.78 is 17.7. The van der Waals surface area contributed by atoms with Gasteiger partial charge in [-0.05, 0) is 23.8 Å². The molecule has 36 heavy (non-hydrogen) atoms. The second-order valence-electron chi connectivity index (χ2n) is 8.13. The second kappa shape index (κ2) is 9.98. The van der Waals surface area contributed by atoms with Gasteiger partial charge in [0.1, 0.15) is 5.75 Å². The first-order chi connectivity index (χ1) is 17.3. The maximum absolute atomic E-state index is 12.4. The number of nitrogens with zero attached hydrogens (tertiary/aromatic N) is 4. The van der Waals surface area contributed by atoms with Crippen molar-refractivity contribution in [1.82, 2.24) is 19.8 Å². The number of urea groups is 1. The molecule has 1 fully saturated rings. The predicted molar refractivity (Wildman–Crippen MR) is 131 cm³/mol. The van der Waals surface area contributed by atoms with Crippen LogP contribution in [-0.2, 0) is 24.7 Å². The van der Waals surface area contributed by atoms with Crippen molar-refractivity contribution >= 4 is 23.7 Å². The minimum Gasteiger partial charge on any atom is -0.502 e. The molecule has 188 valence electrons. The molecule has 0 atom stereocenters. The van der Waals surface area contributed by atoms with Crippen molar-refractivity contribution in [2.24, 2.45) is 12.0 Å². The molecule has 1 aliphatic heterocycles. The average molecular weight is 494 g/mol. The molecule has 3 amide bonds. The molecule has 2 N–H and O–H groups in total. The largest absolute Gasteiger partial charge is 0.502 e. The van der Waals surface area contributed by atoms with E-state index in [-0.39, 0.29) is 17.5 Å². The van der Waals surface area contributed by atoms with Crippen LogP contribution in [0.3, 0.4) is 0 Å². The molecule has 11 heteroatoms. The lowest BCUT2D eigenvalue weighted by Gasteiger charge is -2.14. The van der Waals surface area contributed by atoms with Gasteiger partial charge in [0.15, 0.2) is 11.5 Å². The fraction of sp³-hybridized carbons (Fsp3) is 0.280. The Bertz CT molecular complexity index is 1350. The Morgan fingerprint density at radius 2 is 1.69 bits per heavy atom. The Balaban J connectivity index is 1.78. The zero-order valence-electron chi connectivity index (χ0n) is 20.7. The lowest BCUT2D eigenvalue weighted by atomic mass is 10.0. The number of methoxy groups -OCH3 is 3. The highest BCUT2D eigenvalue weighted by Crippen LogP contribution is 2.40. The first-order valence-corrected chi connectivity index (χ1v) is 11.0. The number of ether oxygens (including phenoxy) is 3. The van der Waals surface area contributed by atoms with Crippen molar-refractivity contribution in [1.29, 1.82) is 0 Å². The van der Waals surface area contributed by atoms with Crippen LogP contribution < -0.4 is 19.5 Å². The molecule has 1 aromatic heterocycles. The van der Waals surface area contributed by atoms with Gasteiger partial charge < -0.3 is 23.9 Å². The molecular weight excluding hydrogens is 466 g/mol. The van der Waals surface area contributed by atoms with Gasteiger partial charge in [-0.1, -0.05) is 18.2 Å². The molecule has 4 rings (SSSR count). The van der Waals surface area contributed by atoms with Crippen LogP contribution in [0.2, 0.25) is 0 Å². The van der Waals surface area contributed by atoms with Gasteiger partial charge in [0.25, 0.3) is 5.91 Å². The molecule has 0 unspecified atom stereocenters. The Morgan fingerprint density at radius 1 is 0.972 bits per heavy atom. The van der Waals surface area contributed by atoms with Crippen LogP contribution in [0.15, 0.2) is 41.4 Å². The number of aromatic nitrogens is 2. The van der Waals surface area contributed by atoms with E-state index in [0.29, 0.717) is 35.6 Å². The number of carbonyl (C=O) groups excluding carboxylic acids is 2. The maximum Gasteiger partial charge on any atom is 0.329 e. The molecule has 1 aliphatic rings. The number of imide groups is 1. The number of amides is 3. The number of hydrogen-bond donors (Lipinski definition) is 2. The third-order valence-corrected chi connectivity index (χ3v) is 6.01. The number of phenols is 1. The fourth-order valence-corrected chi connectivity index (χ4v) is 3.95. The molecular formula is C25H27N5O6. The lowest BCUT2D eigenvalue weighted by molar-refractivity contribution is -0.119. The van der Waals surface area contributed by atoms with Gasteiger partial charge in [0.05, 0.1) is 27.0 Å². The van der Waals surface area contributed by atoms with Gasteiger partial charge >= 0.3 is 6.03 Å². The van der Waals surface area contributed by atoms with Crippen LogP contribution in [0.25, 0.3) is 0 Å². The van der Waals surface area contributed by atoms with Crippen LogP contribution in [0, 0.1) is 0 Å². The quantitative estimate of drug-likeness (QED) is 0.462. The zero-order chi connectivity index (χ0) is 26.0. The summed E-state index contributed by atoms with van der Waals surface area (Å²) >= 11 is 0. The third kappa shape index (κ3) is 4.54. The number of likely N-dealkylation sites (N-methyl/N-ethyl adjacent to an activating group) is 1. The molecule has 3 aromatic rings. The molecule has 11 nitrogen and oxygen atoms in total. The Labute approximate surface area is 207 Å². The number of benzene rings is 2. The number of nitrogens with one attached hydrogen (secondary N) is 1. The number of carbonyl (C=O) groups is 2. The first-order valence-electron chi connectivity index (χ1n) is 11.0. The third-order valence-electron chi connectivity index (χ3n) is 6.01. The van der Waals surface area contributed by atoms with Crippen molar-refractivity contribution in [2.45, 2.75) is 12.8 Å². The Kier molecular flexibility index (Phi) is 6.82. The summed E-state index contributed by atoms with van der Waals surface area (Å²) in [6.07, 6.45) is 0.823. The number of imidazole rings is 1. The van der Waals surface area contributed by atoms with E-state index >= 15 is 0 Å². The Morgan fingerprint density at radius 3 is 2.28 bits per heavy atom. The highest BCUT2D eigenvalue weighted by molar-refractivity contribution is 6.47. The smallest absolute Gasteiger partial charge is 0.329 e. The van der Waals surface area contributed by atoms with E-state index in [1.54, 1.807) is 24.8 Å². The molecule has 2 heterocycles. The topological polar surface area (TPSA) is 128 Å². The van der Waals surface area contributed by atoms with Crippen LogP contribution in [0.5, 0.6) is 23.0 Å². The number of hydrogen-bond acceptors (Lipinski definition) is 8. The highest BCUT2D eigenvalue weighted by atomic mass is 16.5. The summed E-state index contributed by atoms with van der Waals surface area (Å²) in [4.78, 5) is 34.2. The van der Waals surface area contributed by atoms with Crippen LogP contribution in [-0.4, -0.2) is 65.7 Å². The van der Waals surface area contributed by atoms with E-state index in [1.807, 2.05) is 30.3 Å². The number of phenolic OH excluding ortho intramolecular Hbond substituents is 1. The summed E-state index contributed by atoms with van der Waals surface area (Å²) in [5, 5.41) is 13.0. The maximum atomic E-state index is 12.4. The normalized spacial score (nSPS) is 14.4. The first kappa shape index (κ1) is 24.6. The molecule has 0 aliphatic carbocycles. The van der Waals surface area contributed by atoms with Gasteiger partial charge in [0.2, 0.25) is 17.5 Å². The van der Waals surface area contributed by atoms with E-state index in [0.717, 1.165) is 21.9 Å². The number of amidine groups is 1. The number of aromatic hydroxyl groups is 1. The number of aliphatic imine (C=N–C) groups is 1. The van der Waals surface area contributed by atoms with Crippen molar-refractivity contribution in [3.63, 3.8) is 0 Å². The van der Waals surface area contributed by atoms with Crippen molar-refractivity contribution in [3.8, 4) is 23.0 Å². The second-order valence-corrected chi connectivity index (χ2v) is 8.13. The summed E-state index contributed by atoms with van der Waals surface area (Å²) in [6.45, 7) is 0. The molecule has 0 saturated carbocycles. The molecule has 1 saturated heterocycles. The minimum absolute atomic E-state index is 0.0980. The van der Waals surface area contributed by atoms with Gasteiger partial charge in [0, 0.05) is 38.2 Å². The number of rotatable bonds is 8.